The van der Waals surface area contributed by atoms with E-state index in [2.05, 4.69) is 16.0 Å². The van der Waals surface area contributed by atoms with Crippen molar-refractivity contribution in [3.8, 4) is 0 Å². The van der Waals surface area contributed by atoms with E-state index in [0.29, 0.717) is 0 Å². The molecule has 1 atom stereocenters. The minimum absolute atomic E-state index is 0.0980. The number of anilines is 2. The van der Waals surface area contributed by atoms with Crippen molar-refractivity contribution in [2.24, 2.45) is 11.8 Å². The summed E-state index contributed by atoms with van der Waals surface area (Å²) in [6, 6.07) is 15.0. The number of carbonyl (C=O) groups excluding carboxylic acids is 1. The largest absolute Gasteiger partial charge is 0.357 e. The molecule has 0 spiro atoms. The number of nitrogens with one attached hydrogen (secondary N) is 3. The normalized spacial score (nSPS) is 21.8. The van der Waals surface area contributed by atoms with E-state index in [1.807, 2.05) is 30.3 Å². The fourth-order valence-electron chi connectivity index (χ4n) is 6.14. The maximum Gasteiger partial charge on any atom is 0.228 e. The maximum absolute atomic E-state index is 14.4. The predicted molar refractivity (Wildman–Crippen MR) is 127 cm³/mol. The van der Waals surface area contributed by atoms with Crippen molar-refractivity contribution < 1.29 is 9.18 Å². The number of rotatable bonds is 5. The van der Waals surface area contributed by atoms with E-state index in [1.54, 1.807) is 12.1 Å². The number of benzene rings is 2. The number of hydrogen-bond acceptors (Lipinski definition) is 3. The zero-order chi connectivity index (χ0) is 22.0. The lowest BCUT2D eigenvalue weighted by atomic mass is 9.71. The molecule has 1 heterocycles. The molecule has 4 nitrogen and oxygen atoms in total. The fraction of sp³-hybridized carbons (Fsp3) is 0.519. The quantitative estimate of drug-likeness (QED) is 0.527. The first kappa shape index (κ1) is 21.3. The number of carbonyl (C=O) groups is 1. The van der Waals surface area contributed by atoms with Crippen molar-refractivity contribution in [2.45, 2.75) is 75.9 Å². The molecule has 170 valence electrons. The Morgan fingerprint density at radius 1 is 0.875 bits per heavy atom. The lowest BCUT2D eigenvalue weighted by Crippen LogP contribution is -2.56. The Balaban J connectivity index is 1.56. The highest BCUT2D eigenvalue weighted by Crippen LogP contribution is 2.49. The predicted octanol–water partition coefficient (Wildman–Crippen LogP) is 6.16. The summed E-state index contributed by atoms with van der Waals surface area (Å²) in [6.45, 7) is 0. The summed E-state index contributed by atoms with van der Waals surface area (Å²) < 4.78 is 14.4. The zero-order valence-corrected chi connectivity index (χ0v) is 18.7. The molecule has 0 bridgehead atoms. The van der Waals surface area contributed by atoms with Gasteiger partial charge in [-0.05, 0) is 55.9 Å². The summed E-state index contributed by atoms with van der Waals surface area (Å²) in [7, 11) is 0. The highest BCUT2D eigenvalue weighted by Gasteiger charge is 2.52. The van der Waals surface area contributed by atoms with Gasteiger partial charge in [0.25, 0.3) is 0 Å². The van der Waals surface area contributed by atoms with E-state index in [-0.39, 0.29) is 29.6 Å². The standard InChI is InChI=1S/C27H34FN3O/c28-21-13-9-12-20(18-21)27(30-23-16-7-8-17-24(23)31-27)25(19-10-3-1-4-11-19)26(32)29-22-14-5-2-6-15-22/h7-9,12-13,16-19,22,25,30-31H,1-6,10-11,14-15H2,(H,29,32). The van der Waals surface area contributed by atoms with E-state index in [1.165, 1.54) is 31.7 Å². The highest BCUT2D eigenvalue weighted by molar-refractivity contribution is 5.86. The van der Waals surface area contributed by atoms with Gasteiger partial charge >= 0.3 is 0 Å². The summed E-state index contributed by atoms with van der Waals surface area (Å²) >= 11 is 0. The minimum Gasteiger partial charge on any atom is -0.357 e. The second kappa shape index (κ2) is 9.13. The molecule has 5 heteroatoms. The first-order chi connectivity index (χ1) is 15.7. The number of amides is 1. The van der Waals surface area contributed by atoms with E-state index >= 15 is 0 Å². The molecule has 2 fully saturated rings. The van der Waals surface area contributed by atoms with Crippen LogP contribution in [0.3, 0.4) is 0 Å². The van der Waals surface area contributed by atoms with Crippen molar-refractivity contribution in [1.29, 1.82) is 0 Å². The van der Waals surface area contributed by atoms with Gasteiger partial charge < -0.3 is 16.0 Å². The molecule has 1 unspecified atom stereocenters. The third kappa shape index (κ3) is 4.10. The summed E-state index contributed by atoms with van der Waals surface area (Å²) in [5.41, 5.74) is 1.83. The number of halogens is 1. The van der Waals surface area contributed by atoms with Crippen LogP contribution in [-0.4, -0.2) is 11.9 Å². The van der Waals surface area contributed by atoms with Crippen LogP contribution < -0.4 is 16.0 Å². The average Bonchev–Trinajstić information content (AvgIpc) is 3.21. The van der Waals surface area contributed by atoms with E-state index in [0.717, 1.165) is 55.5 Å². The smallest absolute Gasteiger partial charge is 0.228 e. The molecule has 3 aliphatic rings. The van der Waals surface area contributed by atoms with Crippen LogP contribution in [0, 0.1) is 17.7 Å². The third-order valence-electron chi connectivity index (χ3n) is 7.69. The molecule has 3 N–H and O–H groups in total. The van der Waals surface area contributed by atoms with Crippen LogP contribution in [0.5, 0.6) is 0 Å². The minimum atomic E-state index is -0.869. The Kier molecular flexibility index (Phi) is 6.07. The lowest BCUT2D eigenvalue weighted by Gasteiger charge is -2.44. The van der Waals surface area contributed by atoms with Crippen LogP contribution in [0.25, 0.3) is 0 Å². The van der Waals surface area contributed by atoms with Crippen LogP contribution in [-0.2, 0) is 10.5 Å². The van der Waals surface area contributed by atoms with Crippen LogP contribution in [0.4, 0.5) is 15.8 Å². The van der Waals surface area contributed by atoms with Gasteiger partial charge in [-0.1, -0.05) is 62.8 Å². The van der Waals surface area contributed by atoms with Crippen LogP contribution in [0.1, 0.15) is 69.8 Å². The molecule has 2 saturated carbocycles. The molecule has 0 radical (unpaired) electrons. The van der Waals surface area contributed by atoms with Gasteiger partial charge in [-0.3, -0.25) is 4.79 Å². The Morgan fingerprint density at radius 3 is 2.12 bits per heavy atom. The topological polar surface area (TPSA) is 53.2 Å². The molecule has 32 heavy (non-hydrogen) atoms. The molecule has 1 amide bonds. The Hall–Kier alpha value is -2.56. The van der Waals surface area contributed by atoms with Crippen LogP contribution in [0.2, 0.25) is 0 Å². The van der Waals surface area contributed by atoms with Gasteiger partial charge in [0.1, 0.15) is 11.5 Å². The number of hydrogen-bond donors (Lipinski definition) is 3. The first-order valence-corrected chi connectivity index (χ1v) is 12.4. The Bertz CT molecular complexity index is 924. The van der Waals surface area contributed by atoms with Gasteiger partial charge in [0.15, 0.2) is 0 Å². The summed E-state index contributed by atoms with van der Waals surface area (Å²) in [5.74, 6) is -0.277. The van der Waals surface area contributed by atoms with Gasteiger partial charge in [-0.2, -0.15) is 0 Å². The summed E-state index contributed by atoms with van der Waals surface area (Å²) in [4.78, 5) is 14.0. The molecule has 2 aromatic carbocycles. The van der Waals surface area contributed by atoms with Crippen molar-refractivity contribution in [3.63, 3.8) is 0 Å². The van der Waals surface area contributed by atoms with Gasteiger partial charge in [0.05, 0.1) is 17.3 Å². The van der Waals surface area contributed by atoms with E-state index < -0.39 is 5.66 Å². The summed E-state index contributed by atoms with van der Waals surface area (Å²) in [6.07, 6.45) is 11.3. The van der Waals surface area contributed by atoms with Crippen molar-refractivity contribution in [2.75, 3.05) is 10.6 Å². The van der Waals surface area contributed by atoms with Crippen LogP contribution >= 0.6 is 0 Å². The molecule has 5 rings (SSSR count). The first-order valence-electron chi connectivity index (χ1n) is 12.4. The Labute approximate surface area is 190 Å². The molecule has 0 saturated heterocycles. The molecule has 1 aliphatic heterocycles. The monoisotopic (exact) mass is 435 g/mol. The van der Waals surface area contributed by atoms with Gasteiger partial charge in [-0.15, -0.1) is 0 Å². The highest BCUT2D eigenvalue weighted by atomic mass is 19.1. The molecule has 0 aromatic heterocycles. The van der Waals surface area contributed by atoms with E-state index in [9.17, 15) is 9.18 Å². The molecule has 2 aromatic rings. The Morgan fingerprint density at radius 2 is 1.50 bits per heavy atom. The average molecular weight is 436 g/mol. The second-order valence-electron chi connectivity index (χ2n) is 9.83. The maximum atomic E-state index is 14.4. The number of para-hydroxylation sites is 2. The SMILES string of the molecule is O=C(NC1CCCCC1)C(C1CCCCC1)C1(c2cccc(F)c2)Nc2ccccc2N1. The van der Waals surface area contributed by atoms with Gasteiger partial charge in [-0.25, -0.2) is 4.39 Å². The van der Waals surface area contributed by atoms with Crippen molar-refractivity contribution >= 4 is 17.3 Å². The van der Waals surface area contributed by atoms with Crippen molar-refractivity contribution in [1.82, 2.24) is 5.32 Å². The molecular weight excluding hydrogens is 401 g/mol. The molecule has 2 aliphatic carbocycles. The lowest BCUT2D eigenvalue weighted by molar-refractivity contribution is -0.130. The number of fused-ring (bicyclic) bond motifs is 1. The van der Waals surface area contributed by atoms with E-state index in [4.69, 9.17) is 0 Å². The summed E-state index contributed by atoms with van der Waals surface area (Å²) in [5, 5.41) is 10.8. The van der Waals surface area contributed by atoms with Crippen LogP contribution in [0.15, 0.2) is 48.5 Å². The zero-order valence-electron chi connectivity index (χ0n) is 18.7. The van der Waals surface area contributed by atoms with Crippen molar-refractivity contribution in [3.05, 3.63) is 59.9 Å². The molecular formula is C27H34FN3O. The fourth-order valence-corrected chi connectivity index (χ4v) is 6.14. The van der Waals surface area contributed by atoms with Gasteiger partial charge in [0.2, 0.25) is 5.91 Å². The second-order valence-corrected chi connectivity index (χ2v) is 9.83. The third-order valence-corrected chi connectivity index (χ3v) is 7.69. The van der Waals surface area contributed by atoms with Gasteiger partial charge in [0, 0.05) is 11.6 Å².